The highest BCUT2D eigenvalue weighted by Gasteiger charge is 2.63. The number of nitrogens with two attached hydrogens (primary N) is 1. The summed E-state index contributed by atoms with van der Waals surface area (Å²) >= 11 is 0. The molecule has 2 atom stereocenters. The first-order chi connectivity index (χ1) is 8.34. The number of rotatable bonds is 4. The second-order valence-corrected chi connectivity index (χ2v) is 6.34. The van der Waals surface area contributed by atoms with Gasteiger partial charge in [-0.25, -0.2) is 0 Å². The minimum absolute atomic E-state index is 0.0909. The molecule has 4 nitrogen and oxygen atoms in total. The van der Waals surface area contributed by atoms with Crippen LogP contribution in [-0.4, -0.2) is 42.1 Å². The zero-order valence-corrected chi connectivity index (χ0v) is 12.0. The van der Waals surface area contributed by atoms with E-state index in [1.165, 1.54) is 6.42 Å². The number of ether oxygens (including phenoxy) is 1. The molecule has 2 aliphatic carbocycles. The van der Waals surface area contributed by atoms with Crippen molar-refractivity contribution in [2.45, 2.75) is 64.1 Å². The van der Waals surface area contributed by atoms with Gasteiger partial charge in [0.2, 0.25) is 5.91 Å². The van der Waals surface area contributed by atoms with E-state index in [9.17, 15) is 4.79 Å². The van der Waals surface area contributed by atoms with Gasteiger partial charge in [-0.3, -0.25) is 4.79 Å². The van der Waals surface area contributed by atoms with Gasteiger partial charge in [0.05, 0.1) is 6.10 Å². The van der Waals surface area contributed by atoms with Crippen molar-refractivity contribution in [1.82, 2.24) is 4.90 Å². The van der Waals surface area contributed by atoms with Crippen LogP contribution >= 0.6 is 0 Å². The molecule has 2 fully saturated rings. The first kappa shape index (κ1) is 13.8. The van der Waals surface area contributed by atoms with E-state index in [1.54, 1.807) is 0 Å². The summed E-state index contributed by atoms with van der Waals surface area (Å²) in [6.07, 6.45) is 4.21. The molecule has 18 heavy (non-hydrogen) atoms. The highest BCUT2D eigenvalue weighted by Crippen LogP contribution is 2.50. The van der Waals surface area contributed by atoms with Crippen LogP contribution in [0.25, 0.3) is 0 Å². The average Bonchev–Trinajstić information content (AvgIpc) is 2.25. The Bertz CT molecular complexity index is 339. The van der Waals surface area contributed by atoms with Gasteiger partial charge in [-0.2, -0.15) is 0 Å². The molecule has 0 aliphatic heterocycles. The van der Waals surface area contributed by atoms with Gasteiger partial charge in [-0.1, -0.05) is 13.8 Å². The van der Waals surface area contributed by atoms with Crippen LogP contribution in [0.2, 0.25) is 0 Å². The Balaban J connectivity index is 2.05. The third-order valence-electron chi connectivity index (χ3n) is 5.15. The number of amides is 1. The molecule has 2 unspecified atom stereocenters. The molecule has 2 rings (SSSR count). The van der Waals surface area contributed by atoms with Crippen LogP contribution in [0.5, 0.6) is 0 Å². The molecular formula is C14H26N2O2. The van der Waals surface area contributed by atoms with Crippen molar-refractivity contribution >= 4 is 5.91 Å². The van der Waals surface area contributed by atoms with Crippen LogP contribution in [0.4, 0.5) is 0 Å². The number of nitrogens with zero attached hydrogens (tertiary/aromatic N) is 1. The fourth-order valence-electron chi connectivity index (χ4n) is 3.05. The Kier molecular flexibility index (Phi) is 3.45. The van der Waals surface area contributed by atoms with Crippen LogP contribution in [0.1, 0.15) is 46.5 Å². The van der Waals surface area contributed by atoms with Gasteiger partial charge < -0.3 is 15.4 Å². The molecule has 0 aromatic heterocycles. The third-order valence-corrected chi connectivity index (χ3v) is 5.15. The monoisotopic (exact) mass is 254 g/mol. The van der Waals surface area contributed by atoms with Crippen LogP contribution in [-0.2, 0) is 9.53 Å². The highest BCUT2D eigenvalue weighted by molar-refractivity contribution is 5.89. The quantitative estimate of drug-likeness (QED) is 0.827. The van der Waals surface area contributed by atoms with Gasteiger partial charge in [-0.15, -0.1) is 0 Å². The molecule has 0 aromatic carbocycles. The van der Waals surface area contributed by atoms with Gasteiger partial charge in [-0.05, 0) is 26.2 Å². The Morgan fingerprint density at radius 2 is 2.06 bits per heavy atom. The van der Waals surface area contributed by atoms with E-state index in [0.29, 0.717) is 19.1 Å². The van der Waals surface area contributed by atoms with E-state index < -0.39 is 5.54 Å². The topological polar surface area (TPSA) is 55.6 Å². The predicted octanol–water partition coefficient (Wildman–Crippen LogP) is 1.53. The summed E-state index contributed by atoms with van der Waals surface area (Å²) in [6, 6.07) is 0.403. The zero-order chi connectivity index (χ0) is 13.6. The standard InChI is InChI=1S/C14H26N2O2/c1-5-18-11-9-14(15,13(11,2)3)12(17)16(4)10-7-6-8-10/h10-11H,5-9,15H2,1-4H3. The van der Waals surface area contributed by atoms with E-state index in [-0.39, 0.29) is 17.4 Å². The van der Waals surface area contributed by atoms with E-state index >= 15 is 0 Å². The molecule has 0 spiro atoms. The number of carbonyl (C=O) groups is 1. The van der Waals surface area contributed by atoms with Crippen LogP contribution in [0.15, 0.2) is 0 Å². The molecule has 1 amide bonds. The fourth-order valence-corrected chi connectivity index (χ4v) is 3.05. The fraction of sp³-hybridized carbons (Fsp3) is 0.929. The van der Waals surface area contributed by atoms with Crippen molar-refractivity contribution in [3.63, 3.8) is 0 Å². The lowest BCUT2D eigenvalue weighted by molar-refractivity contribution is -0.181. The molecule has 0 aromatic rings. The van der Waals surface area contributed by atoms with Crippen molar-refractivity contribution in [3.8, 4) is 0 Å². The van der Waals surface area contributed by atoms with Crippen molar-refractivity contribution in [1.29, 1.82) is 0 Å². The summed E-state index contributed by atoms with van der Waals surface area (Å²) < 4.78 is 5.67. The molecular weight excluding hydrogens is 228 g/mol. The Morgan fingerprint density at radius 3 is 2.44 bits per heavy atom. The highest BCUT2D eigenvalue weighted by atomic mass is 16.5. The van der Waals surface area contributed by atoms with E-state index in [0.717, 1.165) is 12.8 Å². The van der Waals surface area contributed by atoms with Crippen molar-refractivity contribution in [2.24, 2.45) is 11.1 Å². The smallest absolute Gasteiger partial charge is 0.243 e. The molecule has 2 N–H and O–H groups in total. The molecule has 0 radical (unpaired) electrons. The second kappa shape index (κ2) is 4.49. The minimum Gasteiger partial charge on any atom is -0.378 e. The first-order valence-corrected chi connectivity index (χ1v) is 7.02. The predicted molar refractivity (Wildman–Crippen MR) is 71.1 cm³/mol. The summed E-state index contributed by atoms with van der Waals surface area (Å²) in [5.74, 6) is 0.0909. The lowest BCUT2D eigenvalue weighted by atomic mass is 9.54. The molecule has 2 aliphatic rings. The maximum Gasteiger partial charge on any atom is 0.243 e. The summed E-state index contributed by atoms with van der Waals surface area (Å²) in [5, 5.41) is 0. The van der Waals surface area contributed by atoms with Gasteiger partial charge in [0.15, 0.2) is 0 Å². The van der Waals surface area contributed by atoms with Crippen molar-refractivity contribution < 1.29 is 9.53 Å². The number of likely N-dealkylation sites (N-methyl/N-ethyl adjacent to an activating group) is 1. The van der Waals surface area contributed by atoms with Gasteiger partial charge in [0.25, 0.3) is 0 Å². The molecule has 0 bridgehead atoms. The van der Waals surface area contributed by atoms with E-state index in [1.807, 2.05) is 32.7 Å². The third kappa shape index (κ3) is 1.77. The van der Waals surface area contributed by atoms with Crippen LogP contribution < -0.4 is 5.73 Å². The van der Waals surface area contributed by atoms with Gasteiger partial charge >= 0.3 is 0 Å². The molecule has 104 valence electrons. The van der Waals surface area contributed by atoms with Crippen molar-refractivity contribution in [3.05, 3.63) is 0 Å². The van der Waals surface area contributed by atoms with Crippen molar-refractivity contribution in [2.75, 3.05) is 13.7 Å². The molecule has 0 heterocycles. The number of hydrogen-bond acceptors (Lipinski definition) is 3. The minimum atomic E-state index is -0.753. The Hall–Kier alpha value is -0.610. The molecule has 2 saturated carbocycles. The maximum absolute atomic E-state index is 12.6. The largest absolute Gasteiger partial charge is 0.378 e. The summed E-state index contributed by atoms with van der Waals surface area (Å²) in [7, 11) is 1.89. The summed E-state index contributed by atoms with van der Waals surface area (Å²) in [4.78, 5) is 14.5. The Labute approximate surface area is 110 Å². The van der Waals surface area contributed by atoms with Gasteiger partial charge in [0, 0.05) is 31.5 Å². The van der Waals surface area contributed by atoms with Gasteiger partial charge in [0.1, 0.15) is 5.54 Å². The maximum atomic E-state index is 12.6. The van der Waals surface area contributed by atoms with Crippen LogP contribution in [0.3, 0.4) is 0 Å². The van der Waals surface area contributed by atoms with E-state index in [4.69, 9.17) is 10.5 Å². The van der Waals surface area contributed by atoms with E-state index in [2.05, 4.69) is 0 Å². The molecule has 0 saturated heterocycles. The summed E-state index contributed by atoms with van der Waals surface area (Å²) in [5.41, 5.74) is 5.36. The molecule has 4 heteroatoms. The normalized spacial score (nSPS) is 34.6. The average molecular weight is 254 g/mol. The number of hydrogen-bond donors (Lipinski definition) is 1. The lowest BCUT2D eigenvalue weighted by Crippen LogP contribution is -2.76. The second-order valence-electron chi connectivity index (χ2n) is 6.34. The lowest BCUT2D eigenvalue weighted by Gasteiger charge is -2.59. The van der Waals surface area contributed by atoms with Crippen LogP contribution in [0, 0.1) is 5.41 Å². The number of carbonyl (C=O) groups excluding carboxylic acids is 1. The first-order valence-electron chi connectivity index (χ1n) is 7.02. The Morgan fingerprint density at radius 1 is 1.44 bits per heavy atom. The SMILES string of the molecule is CCOC1CC(N)(C(=O)N(C)C2CCC2)C1(C)C. The zero-order valence-electron chi connectivity index (χ0n) is 12.0. The summed E-state index contributed by atoms with van der Waals surface area (Å²) in [6.45, 7) is 6.75.